The summed E-state index contributed by atoms with van der Waals surface area (Å²) < 4.78 is 5.88. The lowest BCUT2D eigenvalue weighted by Crippen LogP contribution is -2.53. The molecule has 0 spiro atoms. The number of hydrogen-bond acceptors (Lipinski definition) is 3. The topological polar surface area (TPSA) is 59.5 Å². The largest absolute Gasteiger partial charge is 0.451 e. The van der Waals surface area contributed by atoms with Crippen molar-refractivity contribution in [2.45, 2.75) is 52.5 Å². The van der Waals surface area contributed by atoms with Gasteiger partial charge in [-0.25, -0.2) is 0 Å². The van der Waals surface area contributed by atoms with Gasteiger partial charge in [0.1, 0.15) is 5.76 Å². The fourth-order valence-corrected chi connectivity index (χ4v) is 3.45. The van der Waals surface area contributed by atoms with Crippen LogP contribution in [-0.4, -0.2) is 29.9 Å². The Hall–Kier alpha value is -1.78. The summed E-state index contributed by atoms with van der Waals surface area (Å²) in [5.41, 5.74) is 8.47. The Morgan fingerprint density at radius 3 is 2.33 bits per heavy atom. The normalized spacial score (nSPS) is 19.5. The molecule has 0 radical (unpaired) electrons. The fraction of sp³-hybridized carbons (Fsp3) is 0.500. The number of benzene rings is 1. The summed E-state index contributed by atoms with van der Waals surface area (Å²) in [6, 6.07) is 12.1. The van der Waals surface area contributed by atoms with Crippen LogP contribution >= 0.6 is 12.4 Å². The molecular weight excluding hydrogens is 360 g/mol. The zero-order chi connectivity index (χ0) is 19.1. The summed E-state index contributed by atoms with van der Waals surface area (Å²) in [7, 11) is 0. The quantitative estimate of drug-likeness (QED) is 0.796. The van der Waals surface area contributed by atoms with Crippen LogP contribution in [0.3, 0.4) is 0 Å². The van der Waals surface area contributed by atoms with Crippen molar-refractivity contribution in [2.24, 2.45) is 11.1 Å². The van der Waals surface area contributed by atoms with Crippen molar-refractivity contribution in [1.82, 2.24) is 4.90 Å². The molecular formula is C22H31ClN2O2. The van der Waals surface area contributed by atoms with Gasteiger partial charge in [0.05, 0.1) is 0 Å². The number of halogens is 1. The Balaban J connectivity index is 0.00000261. The SMILES string of the molecule is CC(C)(C)c1ccc(-c2ccc(C(=O)N3CCC(N)C(C)(C)C3)o2)cc1.Cl. The van der Waals surface area contributed by atoms with Gasteiger partial charge in [0.2, 0.25) is 0 Å². The first-order valence-corrected chi connectivity index (χ1v) is 9.33. The van der Waals surface area contributed by atoms with Gasteiger partial charge < -0.3 is 15.1 Å². The maximum absolute atomic E-state index is 12.8. The van der Waals surface area contributed by atoms with Crippen LogP contribution in [0.4, 0.5) is 0 Å². The second-order valence-corrected chi connectivity index (χ2v) is 9.10. The molecule has 4 nitrogen and oxygen atoms in total. The van der Waals surface area contributed by atoms with E-state index in [0.717, 1.165) is 17.7 Å². The molecule has 1 aliphatic rings. The van der Waals surface area contributed by atoms with E-state index < -0.39 is 0 Å². The molecule has 0 aliphatic carbocycles. The van der Waals surface area contributed by atoms with Gasteiger partial charge in [-0.1, -0.05) is 58.9 Å². The van der Waals surface area contributed by atoms with Gasteiger partial charge in [0.15, 0.2) is 5.76 Å². The molecule has 3 rings (SSSR count). The summed E-state index contributed by atoms with van der Waals surface area (Å²) in [5.74, 6) is 1.07. The molecule has 2 heterocycles. The van der Waals surface area contributed by atoms with Crippen LogP contribution in [0, 0.1) is 5.41 Å². The van der Waals surface area contributed by atoms with Gasteiger partial charge in [-0.3, -0.25) is 4.79 Å². The predicted octanol–water partition coefficient (Wildman–Crippen LogP) is 4.87. The van der Waals surface area contributed by atoms with Gasteiger partial charge in [0, 0.05) is 24.7 Å². The highest BCUT2D eigenvalue weighted by Gasteiger charge is 2.36. The molecule has 148 valence electrons. The highest BCUT2D eigenvalue weighted by molar-refractivity contribution is 5.92. The molecule has 1 unspecified atom stereocenters. The number of carbonyl (C=O) groups excluding carboxylic acids is 1. The summed E-state index contributed by atoms with van der Waals surface area (Å²) in [5, 5.41) is 0. The van der Waals surface area contributed by atoms with Crippen LogP contribution in [0.5, 0.6) is 0 Å². The average molecular weight is 391 g/mol. The molecule has 1 atom stereocenters. The van der Waals surface area contributed by atoms with Gasteiger partial charge in [-0.05, 0) is 34.9 Å². The maximum Gasteiger partial charge on any atom is 0.289 e. The van der Waals surface area contributed by atoms with E-state index in [2.05, 4.69) is 58.9 Å². The first kappa shape index (κ1) is 21.5. The summed E-state index contributed by atoms with van der Waals surface area (Å²) in [4.78, 5) is 14.7. The van der Waals surface area contributed by atoms with Crippen molar-refractivity contribution in [3.63, 3.8) is 0 Å². The summed E-state index contributed by atoms with van der Waals surface area (Å²) in [6.45, 7) is 12.1. The van der Waals surface area contributed by atoms with Gasteiger partial charge in [0.25, 0.3) is 5.91 Å². The van der Waals surface area contributed by atoms with Crippen LogP contribution in [0.15, 0.2) is 40.8 Å². The van der Waals surface area contributed by atoms with Crippen LogP contribution in [0.2, 0.25) is 0 Å². The lowest BCUT2D eigenvalue weighted by Gasteiger charge is -2.42. The number of hydrogen-bond donors (Lipinski definition) is 1. The lowest BCUT2D eigenvalue weighted by atomic mass is 9.79. The number of amides is 1. The molecule has 2 aromatic rings. The Kier molecular flexibility index (Phi) is 6.13. The van der Waals surface area contributed by atoms with E-state index in [4.69, 9.17) is 10.2 Å². The molecule has 0 bridgehead atoms. The van der Waals surface area contributed by atoms with E-state index in [0.29, 0.717) is 18.8 Å². The van der Waals surface area contributed by atoms with E-state index in [1.54, 1.807) is 6.07 Å². The highest BCUT2D eigenvalue weighted by atomic mass is 35.5. The van der Waals surface area contributed by atoms with Crippen LogP contribution < -0.4 is 5.73 Å². The van der Waals surface area contributed by atoms with Crippen molar-refractivity contribution in [2.75, 3.05) is 13.1 Å². The van der Waals surface area contributed by atoms with E-state index >= 15 is 0 Å². The second kappa shape index (κ2) is 7.69. The predicted molar refractivity (Wildman–Crippen MR) is 112 cm³/mol. The van der Waals surface area contributed by atoms with Crippen molar-refractivity contribution >= 4 is 18.3 Å². The van der Waals surface area contributed by atoms with E-state index in [9.17, 15) is 4.79 Å². The average Bonchev–Trinajstić information content (AvgIpc) is 3.06. The number of furan rings is 1. The number of likely N-dealkylation sites (tertiary alicyclic amines) is 1. The zero-order valence-electron chi connectivity index (χ0n) is 16.9. The molecule has 5 heteroatoms. The van der Waals surface area contributed by atoms with Crippen LogP contribution in [0.1, 0.15) is 57.2 Å². The highest BCUT2D eigenvalue weighted by Crippen LogP contribution is 2.30. The monoisotopic (exact) mass is 390 g/mol. The standard InChI is InChI=1S/C22H30N2O2.ClH/c1-21(2,3)16-8-6-15(7-9-16)17-10-11-18(26-17)20(25)24-13-12-19(23)22(4,5)14-24;/h6-11,19H,12-14,23H2,1-5H3;1H. The maximum atomic E-state index is 12.8. The molecule has 1 aromatic carbocycles. The smallest absolute Gasteiger partial charge is 0.289 e. The number of nitrogens with zero attached hydrogens (tertiary/aromatic N) is 1. The Morgan fingerprint density at radius 2 is 1.78 bits per heavy atom. The number of piperidine rings is 1. The third-order valence-corrected chi connectivity index (χ3v) is 5.45. The van der Waals surface area contributed by atoms with E-state index in [1.807, 2.05) is 11.0 Å². The Bertz CT molecular complexity index is 787. The van der Waals surface area contributed by atoms with Crippen LogP contribution in [-0.2, 0) is 5.41 Å². The van der Waals surface area contributed by atoms with E-state index in [-0.39, 0.29) is 35.2 Å². The second-order valence-electron chi connectivity index (χ2n) is 9.10. The van der Waals surface area contributed by atoms with Crippen LogP contribution in [0.25, 0.3) is 11.3 Å². The van der Waals surface area contributed by atoms with Crippen molar-refractivity contribution in [3.05, 3.63) is 47.7 Å². The molecule has 1 saturated heterocycles. The zero-order valence-corrected chi connectivity index (χ0v) is 17.7. The van der Waals surface area contributed by atoms with Crippen molar-refractivity contribution in [1.29, 1.82) is 0 Å². The molecule has 0 saturated carbocycles. The third kappa shape index (κ3) is 4.56. The van der Waals surface area contributed by atoms with Gasteiger partial charge in [-0.2, -0.15) is 0 Å². The fourth-order valence-electron chi connectivity index (χ4n) is 3.45. The molecule has 1 aromatic heterocycles. The van der Waals surface area contributed by atoms with Crippen molar-refractivity contribution < 1.29 is 9.21 Å². The molecule has 1 aliphatic heterocycles. The molecule has 1 fully saturated rings. The lowest BCUT2D eigenvalue weighted by molar-refractivity contribution is 0.0504. The van der Waals surface area contributed by atoms with E-state index in [1.165, 1.54) is 5.56 Å². The number of rotatable bonds is 2. The Labute approximate surface area is 168 Å². The molecule has 1 amide bonds. The first-order valence-electron chi connectivity index (χ1n) is 9.33. The number of nitrogens with two attached hydrogens (primary N) is 1. The third-order valence-electron chi connectivity index (χ3n) is 5.45. The summed E-state index contributed by atoms with van der Waals surface area (Å²) in [6.07, 6.45) is 0.820. The first-order chi connectivity index (χ1) is 12.1. The minimum atomic E-state index is -0.0773. The molecule has 2 N–H and O–H groups in total. The summed E-state index contributed by atoms with van der Waals surface area (Å²) >= 11 is 0. The Morgan fingerprint density at radius 1 is 1.15 bits per heavy atom. The van der Waals surface area contributed by atoms with Crippen molar-refractivity contribution in [3.8, 4) is 11.3 Å². The van der Waals surface area contributed by atoms with Gasteiger partial charge in [-0.15, -0.1) is 12.4 Å². The van der Waals surface area contributed by atoms with Gasteiger partial charge >= 0.3 is 0 Å². The molecule has 27 heavy (non-hydrogen) atoms. The minimum Gasteiger partial charge on any atom is -0.451 e. The number of carbonyl (C=O) groups is 1. The minimum absolute atomic E-state index is 0.